The molecule has 0 saturated carbocycles. The maximum atomic E-state index is 9.62. The molecule has 1 aliphatic heterocycles. The Morgan fingerprint density at radius 1 is 1.42 bits per heavy atom. The van der Waals surface area contributed by atoms with Gasteiger partial charge in [-0.15, -0.1) is 0 Å². The zero-order chi connectivity index (χ0) is 14.0. The second kappa shape index (κ2) is 5.88. The molecule has 0 amide bonds. The first kappa shape index (κ1) is 14.3. The van der Waals surface area contributed by atoms with E-state index in [1.807, 2.05) is 13.0 Å². The van der Waals surface area contributed by atoms with Crippen molar-refractivity contribution in [2.24, 2.45) is 0 Å². The third-order valence-corrected chi connectivity index (χ3v) is 4.04. The van der Waals surface area contributed by atoms with E-state index >= 15 is 0 Å². The molecule has 0 bridgehead atoms. The quantitative estimate of drug-likeness (QED) is 0.901. The van der Waals surface area contributed by atoms with Gasteiger partial charge in [-0.2, -0.15) is 0 Å². The number of anilines is 1. The van der Waals surface area contributed by atoms with Crippen molar-refractivity contribution < 1.29 is 5.11 Å². The summed E-state index contributed by atoms with van der Waals surface area (Å²) in [6.07, 6.45) is 2.42. The predicted molar refractivity (Wildman–Crippen MR) is 78.6 cm³/mol. The van der Waals surface area contributed by atoms with Gasteiger partial charge in [-0.1, -0.05) is 0 Å². The molecule has 2 rings (SSSR count). The highest BCUT2D eigenvalue weighted by atomic mass is 16.3. The molecule has 1 fully saturated rings. The fourth-order valence-electron chi connectivity index (χ4n) is 2.87. The Labute approximate surface area is 116 Å². The van der Waals surface area contributed by atoms with Crippen molar-refractivity contribution in [2.45, 2.75) is 39.3 Å². The van der Waals surface area contributed by atoms with Gasteiger partial charge in [0, 0.05) is 30.4 Å². The van der Waals surface area contributed by atoms with E-state index in [0.29, 0.717) is 6.04 Å². The Kier molecular flexibility index (Phi) is 4.42. The Morgan fingerprint density at radius 2 is 2.16 bits per heavy atom. The molecule has 1 aliphatic rings. The van der Waals surface area contributed by atoms with Crippen molar-refractivity contribution in [3.05, 3.63) is 22.9 Å². The van der Waals surface area contributed by atoms with Crippen LogP contribution in [0.3, 0.4) is 0 Å². The molecular weight excluding hydrogens is 238 g/mol. The average Bonchev–Trinajstić information content (AvgIpc) is 2.38. The maximum Gasteiger partial charge on any atom is 0.134 e. The molecule has 0 spiro atoms. The smallest absolute Gasteiger partial charge is 0.134 e. The van der Waals surface area contributed by atoms with Crippen LogP contribution in [0.5, 0.6) is 0 Å². The highest BCUT2D eigenvalue weighted by Crippen LogP contribution is 2.26. The van der Waals surface area contributed by atoms with Gasteiger partial charge in [0.15, 0.2) is 0 Å². The summed E-state index contributed by atoms with van der Waals surface area (Å²) >= 11 is 0. The molecule has 1 atom stereocenters. The number of hydrogen-bond acceptors (Lipinski definition) is 4. The van der Waals surface area contributed by atoms with E-state index in [9.17, 15) is 5.11 Å². The molecule has 1 aromatic heterocycles. The number of piperidine rings is 1. The molecule has 0 aromatic carbocycles. The van der Waals surface area contributed by atoms with Gasteiger partial charge < -0.3 is 14.9 Å². The molecule has 4 heteroatoms. The second-order valence-corrected chi connectivity index (χ2v) is 5.75. The minimum absolute atomic E-state index is 0.0670. The minimum atomic E-state index is 0.0670. The lowest BCUT2D eigenvalue weighted by molar-refractivity contribution is 0.255. The van der Waals surface area contributed by atoms with Gasteiger partial charge in [0.2, 0.25) is 0 Å². The van der Waals surface area contributed by atoms with Crippen molar-refractivity contribution in [1.82, 2.24) is 9.88 Å². The van der Waals surface area contributed by atoms with E-state index in [2.05, 4.69) is 35.8 Å². The van der Waals surface area contributed by atoms with Crippen LogP contribution >= 0.6 is 0 Å². The van der Waals surface area contributed by atoms with Gasteiger partial charge in [-0.25, -0.2) is 4.98 Å². The highest BCUT2D eigenvalue weighted by molar-refractivity contribution is 5.51. The average molecular weight is 263 g/mol. The first-order chi connectivity index (χ1) is 9.02. The first-order valence-electron chi connectivity index (χ1n) is 7.02. The Hall–Kier alpha value is -1.13. The standard InChI is InChI=1S/C15H25N3O/c1-11-8-12(2)16-15(14(11)10-19)18-7-5-6-13(9-18)17(3)4/h8,13,19H,5-7,9-10H2,1-4H3. The Balaban J connectivity index is 2.30. The molecule has 1 saturated heterocycles. The summed E-state index contributed by atoms with van der Waals surface area (Å²) < 4.78 is 0. The van der Waals surface area contributed by atoms with Crippen LogP contribution in [-0.4, -0.2) is 48.2 Å². The van der Waals surface area contributed by atoms with Gasteiger partial charge in [0.05, 0.1) is 6.61 Å². The lowest BCUT2D eigenvalue weighted by Gasteiger charge is -2.37. The fourth-order valence-corrected chi connectivity index (χ4v) is 2.87. The summed E-state index contributed by atoms with van der Waals surface area (Å²) in [4.78, 5) is 9.29. The molecular formula is C15H25N3O. The summed E-state index contributed by atoms with van der Waals surface area (Å²) in [5.41, 5.74) is 3.14. The van der Waals surface area contributed by atoms with Crippen molar-refractivity contribution in [3.8, 4) is 0 Å². The Bertz CT molecular complexity index is 445. The van der Waals surface area contributed by atoms with E-state index in [-0.39, 0.29) is 6.61 Å². The number of aryl methyl sites for hydroxylation is 2. The lowest BCUT2D eigenvalue weighted by Crippen LogP contribution is -2.45. The number of aromatic nitrogens is 1. The van der Waals surface area contributed by atoms with Crippen molar-refractivity contribution in [1.29, 1.82) is 0 Å². The lowest BCUT2D eigenvalue weighted by atomic mass is 10.0. The van der Waals surface area contributed by atoms with E-state index < -0.39 is 0 Å². The minimum Gasteiger partial charge on any atom is -0.392 e. The molecule has 0 radical (unpaired) electrons. The van der Waals surface area contributed by atoms with E-state index in [4.69, 9.17) is 0 Å². The van der Waals surface area contributed by atoms with Crippen LogP contribution in [-0.2, 0) is 6.61 Å². The van der Waals surface area contributed by atoms with Crippen LogP contribution < -0.4 is 4.90 Å². The van der Waals surface area contributed by atoms with Gasteiger partial charge in [0.25, 0.3) is 0 Å². The van der Waals surface area contributed by atoms with Crippen LogP contribution in [0.1, 0.15) is 29.7 Å². The topological polar surface area (TPSA) is 39.6 Å². The molecule has 4 nitrogen and oxygen atoms in total. The van der Waals surface area contributed by atoms with Crippen LogP contribution in [0.2, 0.25) is 0 Å². The fraction of sp³-hybridized carbons (Fsp3) is 0.667. The number of hydrogen-bond donors (Lipinski definition) is 1. The second-order valence-electron chi connectivity index (χ2n) is 5.75. The molecule has 2 heterocycles. The van der Waals surface area contributed by atoms with Gasteiger partial charge in [-0.3, -0.25) is 0 Å². The van der Waals surface area contributed by atoms with Gasteiger partial charge >= 0.3 is 0 Å². The van der Waals surface area contributed by atoms with Crippen molar-refractivity contribution in [3.63, 3.8) is 0 Å². The number of likely N-dealkylation sites (N-methyl/N-ethyl adjacent to an activating group) is 1. The van der Waals surface area contributed by atoms with E-state index in [1.165, 1.54) is 12.8 Å². The molecule has 1 aromatic rings. The predicted octanol–water partition coefficient (Wildman–Crippen LogP) is 1.72. The number of pyridine rings is 1. The van der Waals surface area contributed by atoms with Crippen molar-refractivity contribution >= 4 is 5.82 Å². The monoisotopic (exact) mass is 263 g/mol. The molecule has 0 aliphatic carbocycles. The van der Waals surface area contributed by atoms with Crippen molar-refractivity contribution in [2.75, 3.05) is 32.1 Å². The SMILES string of the molecule is Cc1cc(C)c(CO)c(N2CCCC(N(C)C)C2)n1. The van der Waals surface area contributed by atoms with Crippen LogP contribution in [0, 0.1) is 13.8 Å². The molecule has 106 valence electrons. The zero-order valence-electron chi connectivity index (χ0n) is 12.5. The molecule has 1 unspecified atom stereocenters. The van der Waals surface area contributed by atoms with Gasteiger partial charge in [0.1, 0.15) is 5.82 Å². The normalized spacial score (nSPS) is 20.1. The summed E-state index contributed by atoms with van der Waals surface area (Å²) in [6, 6.07) is 2.62. The van der Waals surface area contributed by atoms with Crippen LogP contribution in [0.25, 0.3) is 0 Å². The van der Waals surface area contributed by atoms with Crippen LogP contribution in [0.15, 0.2) is 6.07 Å². The molecule has 19 heavy (non-hydrogen) atoms. The number of aliphatic hydroxyl groups excluding tert-OH is 1. The summed E-state index contributed by atoms with van der Waals surface area (Å²) in [5.74, 6) is 0.978. The van der Waals surface area contributed by atoms with E-state index in [1.54, 1.807) is 0 Å². The third-order valence-electron chi connectivity index (χ3n) is 4.04. The summed E-state index contributed by atoms with van der Waals surface area (Å²) in [7, 11) is 4.27. The summed E-state index contributed by atoms with van der Waals surface area (Å²) in [5, 5.41) is 9.62. The first-order valence-corrected chi connectivity index (χ1v) is 7.02. The van der Waals surface area contributed by atoms with Crippen LogP contribution in [0.4, 0.5) is 5.82 Å². The maximum absolute atomic E-state index is 9.62. The van der Waals surface area contributed by atoms with E-state index in [0.717, 1.165) is 35.7 Å². The number of aliphatic hydroxyl groups is 1. The zero-order valence-corrected chi connectivity index (χ0v) is 12.5. The largest absolute Gasteiger partial charge is 0.392 e. The number of nitrogens with zero attached hydrogens (tertiary/aromatic N) is 3. The third kappa shape index (κ3) is 3.07. The molecule has 1 N–H and O–H groups in total. The Morgan fingerprint density at radius 3 is 2.79 bits per heavy atom. The van der Waals surface area contributed by atoms with Gasteiger partial charge in [-0.05, 0) is 52.4 Å². The highest BCUT2D eigenvalue weighted by Gasteiger charge is 2.24. The number of rotatable bonds is 3. The summed E-state index contributed by atoms with van der Waals surface area (Å²) in [6.45, 7) is 6.17.